The zero-order chi connectivity index (χ0) is 11.5. The third kappa shape index (κ3) is 8.31. The minimum Gasteiger partial charge on any atom is -0.345 e. The van der Waals surface area contributed by atoms with Gasteiger partial charge in [-0.15, -0.1) is 0 Å². The largest absolute Gasteiger partial charge is 0.345 e. The van der Waals surface area contributed by atoms with Gasteiger partial charge in [0.25, 0.3) is 0 Å². The monoisotopic (exact) mass is 228 g/mol. The minimum absolute atomic E-state index is 0.199. The second-order valence-corrected chi connectivity index (χ2v) is 4.59. The maximum Gasteiger partial charge on any atom is 0.232 e. The van der Waals surface area contributed by atoms with E-state index in [0.29, 0.717) is 12.2 Å². The first kappa shape index (κ1) is 14.3. The molecule has 3 nitrogen and oxygen atoms in total. The van der Waals surface area contributed by atoms with E-state index >= 15 is 0 Å². The standard InChI is InChI=1S/C11H20N2OS/c1-3-4-8-13(2)11(14)10-15-9-6-5-7-12/h3-6,8-10H2,1-2H3. The van der Waals surface area contributed by atoms with Gasteiger partial charge in [-0.2, -0.15) is 17.0 Å². The number of unbranched alkanes of at least 4 members (excludes halogenated alkanes) is 2. The SMILES string of the molecule is CCCCN(C)C(=O)CSCCCC#N. The van der Waals surface area contributed by atoms with Crippen LogP contribution in [0.4, 0.5) is 0 Å². The van der Waals surface area contributed by atoms with Crippen molar-refractivity contribution in [1.82, 2.24) is 4.90 Å². The fraction of sp³-hybridized carbons (Fsp3) is 0.818. The van der Waals surface area contributed by atoms with Gasteiger partial charge in [-0.3, -0.25) is 4.79 Å². The van der Waals surface area contributed by atoms with Crippen LogP contribution in [0.1, 0.15) is 32.6 Å². The first-order valence-electron chi connectivity index (χ1n) is 5.41. The molecular weight excluding hydrogens is 208 g/mol. The molecule has 0 saturated heterocycles. The molecule has 1 amide bonds. The Morgan fingerprint density at radius 1 is 1.47 bits per heavy atom. The summed E-state index contributed by atoms with van der Waals surface area (Å²) in [5, 5.41) is 8.33. The summed E-state index contributed by atoms with van der Waals surface area (Å²) >= 11 is 1.62. The third-order valence-corrected chi connectivity index (χ3v) is 3.10. The molecule has 0 atom stereocenters. The van der Waals surface area contributed by atoms with E-state index < -0.39 is 0 Å². The molecule has 0 rings (SSSR count). The van der Waals surface area contributed by atoms with Gasteiger partial charge in [-0.05, 0) is 18.6 Å². The Balaban J connectivity index is 3.43. The summed E-state index contributed by atoms with van der Waals surface area (Å²) in [6.45, 7) is 2.98. The molecular formula is C11H20N2OS. The predicted octanol–water partition coefficient (Wildman–Crippen LogP) is 2.28. The van der Waals surface area contributed by atoms with Gasteiger partial charge >= 0.3 is 0 Å². The molecule has 0 saturated carbocycles. The summed E-state index contributed by atoms with van der Waals surface area (Å²) in [5.74, 6) is 1.65. The van der Waals surface area contributed by atoms with Crippen LogP contribution < -0.4 is 0 Å². The normalized spacial score (nSPS) is 9.67. The number of hydrogen-bond acceptors (Lipinski definition) is 3. The molecule has 0 aliphatic rings. The third-order valence-electron chi connectivity index (χ3n) is 2.08. The first-order chi connectivity index (χ1) is 7.22. The van der Waals surface area contributed by atoms with Gasteiger partial charge in [-0.1, -0.05) is 13.3 Å². The van der Waals surface area contributed by atoms with Crippen molar-refractivity contribution in [3.05, 3.63) is 0 Å². The lowest BCUT2D eigenvalue weighted by Gasteiger charge is -2.16. The summed E-state index contributed by atoms with van der Waals surface area (Å²) in [4.78, 5) is 13.3. The molecule has 0 spiro atoms. The molecule has 0 unspecified atom stereocenters. The predicted molar refractivity (Wildman–Crippen MR) is 64.7 cm³/mol. The van der Waals surface area contributed by atoms with E-state index in [0.717, 1.165) is 31.6 Å². The fourth-order valence-corrected chi connectivity index (χ4v) is 1.93. The maximum absolute atomic E-state index is 11.5. The highest BCUT2D eigenvalue weighted by Crippen LogP contribution is 2.05. The molecule has 0 heterocycles. The van der Waals surface area contributed by atoms with E-state index in [1.165, 1.54) is 0 Å². The maximum atomic E-state index is 11.5. The Morgan fingerprint density at radius 2 is 2.20 bits per heavy atom. The number of nitriles is 1. The van der Waals surface area contributed by atoms with Crippen LogP contribution in [0.25, 0.3) is 0 Å². The Kier molecular flexibility index (Phi) is 9.40. The molecule has 0 fully saturated rings. The molecule has 0 aromatic carbocycles. The van der Waals surface area contributed by atoms with E-state index in [9.17, 15) is 4.79 Å². The number of carbonyl (C=O) groups is 1. The summed E-state index contributed by atoms with van der Waals surface area (Å²) < 4.78 is 0. The molecule has 0 aromatic rings. The first-order valence-corrected chi connectivity index (χ1v) is 6.56. The van der Waals surface area contributed by atoms with Gasteiger partial charge < -0.3 is 4.90 Å². The van der Waals surface area contributed by atoms with Crippen LogP contribution >= 0.6 is 11.8 Å². The Morgan fingerprint density at radius 3 is 2.80 bits per heavy atom. The topological polar surface area (TPSA) is 44.1 Å². The van der Waals surface area contributed by atoms with E-state index in [-0.39, 0.29) is 5.91 Å². The molecule has 0 bridgehead atoms. The summed E-state index contributed by atoms with van der Waals surface area (Å²) in [7, 11) is 1.85. The molecule has 86 valence electrons. The van der Waals surface area contributed by atoms with Crippen molar-refractivity contribution >= 4 is 17.7 Å². The van der Waals surface area contributed by atoms with Gasteiger partial charge in [0, 0.05) is 20.0 Å². The van der Waals surface area contributed by atoms with Crippen LogP contribution in [0.5, 0.6) is 0 Å². The van der Waals surface area contributed by atoms with Crippen molar-refractivity contribution in [2.45, 2.75) is 32.6 Å². The van der Waals surface area contributed by atoms with Crippen LogP contribution in [-0.4, -0.2) is 35.9 Å². The quantitative estimate of drug-likeness (QED) is 0.599. The Hall–Kier alpha value is -0.690. The van der Waals surface area contributed by atoms with E-state index in [4.69, 9.17) is 5.26 Å². The highest BCUT2D eigenvalue weighted by molar-refractivity contribution is 7.99. The number of thioether (sulfide) groups is 1. The van der Waals surface area contributed by atoms with Crippen LogP contribution in [0.2, 0.25) is 0 Å². The van der Waals surface area contributed by atoms with Crippen molar-refractivity contribution in [1.29, 1.82) is 5.26 Å². The second-order valence-electron chi connectivity index (χ2n) is 3.48. The van der Waals surface area contributed by atoms with Crippen molar-refractivity contribution in [3.8, 4) is 6.07 Å². The van der Waals surface area contributed by atoms with Crippen molar-refractivity contribution in [2.24, 2.45) is 0 Å². The van der Waals surface area contributed by atoms with Gasteiger partial charge in [0.05, 0.1) is 11.8 Å². The van der Waals surface area contributed by atoms with Gasteiger partial charge in [0.2, 0.25) is 5.91 Å². The lowest BCUT2D eigenvalue weighted by atomic mass is 10.3. The number of hydrogen-bond donors (Lipinski definition) is 0. The zero-order valence-corrected chi connectivity index (χ0v) is 10.5. The summed E-state index contributed by atoms with van der Waals surface area (Å²) in [6, 6.07) is 2.10. The average Bonchev–Trinajstić information content (AvgIpc) is 2.25. The smallest absolute Gasteiger partial charge is 0.232 e. The van der Waals surface area contributed by atoms with Crippen molar-refractivity contribution in [2.75, 3.05) is 25.1 Å². The molecule has 0 radical (unpaired) electrons. The summed E-state index contributed by atoms with van der Waals surface area (Å²) in [6.07, 6.45) is 3.66. The van der Waals surface area contributed by atoms with Gasteiger partial charge in [0.15, 0.2) is 0 Å². The summed E-state index contributed by atoms with van der Waals surface area (Å²) in [5.41, 5.74) is 0. The Labute approximate surface area is 96.8 Å². The fourth-order valence-electron chi connectivity index (χ4n) is 1.04. The molecule has 0 N–H and O–H groups in total. The molecule has 4 heteroatoms. The van der Waals surface area contributed by atoms with Gasteiger partial charge in [0.1, 0.15) is 0 Å². The number of rotatable bonds is 8. The molecule has 0 aliphatic heterocycles. The molecule has 15 heavy (non-hydrogen) atoms. The van der Waals surface area contributed by atoms with Gasteiger partial charge in [-0.25, -0.2) is 0 Å². The average molecular weight is 228 g/mol. The Bertz CT molecular complexity index is 213. The zero-order valence-electron chi connectivity index (χ0n) is 9.66. The lowest BCUT2D eigenvalue weighted by Crippen LogP contribution is -2.29. The minimum atomic E-state index is 0.199. The second kappa shape index (κ2) is 9.85. The van der Waals surface area contributed by atoms with Crippen LogP contribution in [0.15, 0.2) is 0 Å². The van der Waals surface area contributed by atoms with Crippen molar-refractivity contribution < 1.29 is 4.79 Å². The van der Waals surface area contributed by atoms with E-state index in [1.807, 2.05) is 7.05 Å². The highest BCUT2D eigenvalue weighted by atomic mass is 32.2. The van der Waals surface area contributed by atoms with Crippen molar-refractivity contribution in [3.63, 3.8) is 0 Å². The number of carbonyl (C=O) groups excluding carboxylic acids is 1. The van der Waals surface area contributed by atoms with Crippen LogP contribution in [0.3, 0.4) is 0 Å². The number of nitrogens with zero attached hydrogens (tertiary/aromatic N) is 2. The van der Waals surface area contributed by atoms with E-state index in [1.54, 1.807) is 16.7 Å². The van der Waals surface area contributed by atoms with Crippen LogP contribution in [-0.2, 0) is 4.79 Å². The van der Waals surface area contributed by atoms with Crippen LogP contribution in [0, 0.1) is 11.3 Å². The highest BCUT2D eigenvalue weighted by Gasteiger charge is 2.07. The lowest BCUT2D eigenvalue weighted by molar-refractivity contribution is -0.127. The molecule has 0 aliphatic carbocycles. The molecule has 0 aromatic heterocycles. The number of amides is 1. The van der Waals surface area contributed by atoms with E-state index in [2.05, 4.69) is 13.0 Å².